The molecule has 0 rings (SSSR count). The second-order valence-corrected chi connectivity index (χ2v) is 10.4. The summed E-state index contributed by atoms with van der Waals surface area (Å²) in [7, 11) is -1.77. The number of hydrogen-bond donors (Lipinski definition) is 1. The Kier molecular flexibility index (Phi) is 7.09. The van der Waals surface area contributed by atoms with E-state index in [0.717, 1.165) is 0 Å². The van der Waals surface area contributed by atoms with Crippen LogP contribution in [0.15, 0.2) is 0 Å². The number of ether oxygens (including phenoxy) is 2. The predicted octanol–water partition coefficient (Wildman–Crippen LogP) is 2.86. The first kappa shape index (κ1) is 20.9. The van der Waals surface area contributed by atoms with Crippen LogP contribution in [0.2, 0.25) is 13.1 Å². The normalized spacial score (nSPS) is 15.4. The number of carbonyl (C=O) groups excluding carboxylic acids is 1. The lowest BCUT2D eigenvalue weighted by Gasteiger charge is -2.38. The van der Waals surface area contributed by atoms with Crippen molar-refractivity contribution in [2.45, 2.75) is 84.9 Å². The maximum Gasteiger partial charge on any atom is 0.402 e. The molecule has 1 N–H and O–H groups in total. The molecule has 0 aromatic rings. The maximum atomic E-state index is 12.4. The van der Waals surface area contributed by atoms with Gasteiger partial charge < -0.3 is 19.1 Å². The molecule has 0 aromatic heterocycles. The first-order valence-corrected chi connectivity index (χ1v) is 10.4. The standard InChI is InChI=1S/C15H31NO5Si/c1-10(20-14(2,3)4)11(12(17)18)16(22(8)9)13(19)21-15(5,6)7/h10-11,22H,1-9H3,(H,17,18)/t10?,11-/m0/s1. The SMILES string of the molecule is CC(OC(C)(C)C)[C@@H](C(=O)O)N(C(=O)OC(C)(C)C)[SiH](C)C. The Hall–Kier alpha value is -1.08. The average molecular weight is 334 g/mol. The molecule has 0 radical (unpaired) electrons. The zero-order chi connectivity index (χ0) is 17.9. The van der Waals surface area contributed by atoms with Gasteiger partial charge in [-0.1, -0.05) is 13.1 Å². The zero-order valence-electron chi connectivity index (χ0n) is 15.3. The summed E-state index contributed by atoms with van der Waals surface area (Å²) >= 11 is 0. The van der Waals surface area contributed by atoms with Crippen LogP contribution in [-0.2, 0) is 14.3 Å². The largest absolute Gasteiger partial charge is 0.480 e. The highest BCUT2D eigenvalue weighted by molar-refractivity contribution is 6.55. The molecular weight excluding hydrogens is 302 g/mol. The third kappa shape index (κ3) is 7.26. The first-order valence-electron chi connectivity index (χ1n) is 7.57. The van der Waals surface area contributed by atoms with Crippen LogP contribution < -0.4 is 0 Å². The van der Waals surface area contributed by atoms with Gasteiger partial charge in [0, 0.05) is 0 Å². The molecule has 7 heteroatoms. The molecule has 6 nitrogen and oxygen atoms in total. The lowest BCUT2D eigenvalue weighted by atomic mass is 10.1. The highest BCUT2D eigenvalue weighted by atomic mass is 28.3. The summed E-state index contributed by atoms with van der Waals surface area (Å²) in [5.74, 6) is -1.08. The van der Waals surface area contributed by atoms with E-state index in [1.54, 1.807) is 27.7 Å². The van der Waals surface area contributed by atoms with E-state index in [4.69, 9.17) is 9.47 Å². The summed E-state index contributed by atoms with van der Waals surface area (Å²) < 4.78 is 12.5. The fourth-order valence-electron chi connectivity index (χ4n) is 2.13. The molecule has 0 aliphatic rings. The van der Waals surface area contributed by atoms with Crippen LogP contribution in [0.5, 0.6) is 0 Å². The van der Waals surface area contributed by atoms with E-state index in [1.807, 2.05) is 33.9 Å². The van der Waals surface area contributed by atoms with Crippen molar-refractivity contribution in [1.82, 2.24) is 4.57 Å². The summed E-state index contributed by atoms with van der Waals surface area (Å²) in [6, 6.07) is -1.05. The molecule has 0 aromatic carbocycles. The van der Waals surface area contributed by atoms with Crippen molar-refractivity contribution in [3.8, 4) is 0 Å². The quantitative estimate of drug-likeness (QED) is 0.783. The Labute approximate surface area is 135 Å². The van der Waals surface area contributed by atoms with Gasteiger partial charge in [-0.25, -0.2) is 9.59 Å². The van der Waals surface area contributed by atoms with Gasteiger partial charge in [0.2, 0.25) is 0 Å². The lowest BCUT2D eigenvalue weighted by molar-refractivity contribution is -0.151. The first-order chi connectivity index (χ1) is 9.65. The topological polar surface area (TPSA) is 76.1 Å². The third-order valence-corrected chi connectivity index (χ3v) is 4.34. The van der Waals surface area contributed by atoms with Gasteiger partial charge in [-0.05, 0) is 48.5 Å². The van der Waals surface area contributed by atoms with Crippen molar-refractivity contribution < 1.29 is 24.2 Å². The number of hydrogen-bond acceptors (Lipinski definition) is 4. The smallest absolute Gasteiger partial charge is 0.402 e. The van der Waals surface area contributed by atoms with E-state index < -0.39 is 44.4 Å². The number of amides is 1. The van der Waals surface area contributed by atoms with Crippen LogP contribution in [0.1, 0.15) is 48.5 Å². The van der Waals surface area contributed by atoms with Crippen molar-refractivity contribution in [2.24, 2.45) is 0 Å². The van der Waals surface area contributed by atoms with Crippen LogP contribution in [0.3, 0.4) is 0 Å². The van der Waals surface area contributed by atoms with Gasteiger partial charge in [0.1, 0.15) is 14.6 Å². The van der Waals surface area contributed by atoms with E-state index in [0.29, 0.717) is 0 Å². The molecule has 0 saturated heterocycles. The van der Waals surface area contributed by atoms with E-state index in [-0.39, 0.29) is 0 Å². The minimum absolute atomic E-state index is 0.495. The predicted molar refractivity (Wildman–Crippen MR) is 88.7 cm³/mol. The van der Waals surface area contributed by atoms with Gasteiger partial charge in [0.05, 0.1) is 11.7 Å². The van der Waals surface area contributed by atoms with Gasteiger partial charge in [-0.15, -0.1) is 0 Å². The third-order valence-electron chi connectivity index (χ3n) is 2.70. The molecule has 1 unspecified atom stereocenters. The molecule has 1 amide bonds. The number of rotatable bonds is 5. The summed E-state index contributed by atoms with van der Waals surface area (Å²) in [5, 5.41) is 9.60. The Morgan fingerprint density at radius 3 is 1.77 bits per heavy atom. The van der Waals surface area contributed by atoms with E-state index >= 15 is 0 Å². The molecule has 22 heavy (non-hydrogen) atoms. The van der Waals surface area contributed by atoms with Crippen molar-refractivity contribution in [1.29, 1.82) is 0 Å². The Bertz CT molecular complexity index is 398. The molecule has 0 bridgehead atoms. The number of carboxylic acids is 1. The van der Waals surface area contributed by atoms with Crippen molar-refractivity contribution in [3.05, 3.63) is 0 Å². The van der Waals surface area contributed by atoms with Crippen LogP contribution in [0, 0.1) is 0 Å². The Morgan fingerprint density at radius 1 is 1.05 bits per heavy atom. The highest BCUT2D eigenvalue weighted by Crippen LogP contribution is 2.20. The summed E-state index contributed by atoms with van der Waals surface area (Å²) in [4.78, 5) is 24.2. The summed E-state index contributed by atoms with van der Waals surface area (Å²) in [6.07, 6.45) is -1.23. The monoisotopic (exact) mass is 333 g/mol. The minimum Gasteiger partial charge on any atom is -0.480 e. The zero-order valence-corrected chi connectivity index (χ0v) is 16.4. The van der Waals surface area contributed by atoms with Crippen LogP contribution in [0.4, 0.5) is 4.79 Å². The summed E-state index contributed by atoms with van der Waals surface area (Å²) in [5.41, 5.74) is -1.17. The van der Waals surface area contributed by atoms with Gasteiger partial charge in [-0.3, -0.25) is 0 Å². The van der Waals surface area contributed by atoms with Gasteiger partial charge >= 0.3 is 12.1 Å². The van der Waals surface area contributed by atoms with Crippen LogP contribution >= 0.6 is 0 Å². The van der Waals surface area contributed by atoms with Gasteiger partial charge in [0.15, 0.2) is 6.04 Å². The highest BCUT2D eigenvalue weighted by Gasteiger charge is 2.40. The second-order valence-electron chi connectivity index (χ2n) is 7.70. The van der Waals surface area contributed by atoms with E-state index in [2.05, 4.69) is 0 Å². The van der Waals surface area contributed by atoms with E-state index in [9.17, 15) is 14.7 Å². The number of nitrogens with zero attached hydrogens (tertiary/aromatic N) is 1. The van der Waals surface area contributed by atoms with Crippen molar-refractivity contribution >= 4 is 21.0 Å². The molecule has 0 saturated carbocycles. The molecule has 0 aliphatic carbocycles. The average Bonchev–Trinajstić information content (AvgIpc) is 2.18. The number of carboxylic acid groups (broad SMARTS) is 1. The Morgan fingerprint density at radius 2 is 1.50 bits per heavy atom. The Balaban J connectivity index is 5.46. The number of carbonyl (C=O) groups is 2. The van der Waals surface area contributed by atoms with Crippen LogP contribution in [0.25, 0.3) is 0 Å². The lowest BCUT2D eigenvalue weighted by Crippen LogP contribution is -2.58. The second kappa shape index (κ2) is 7.46. The van der Waals surface area contributed by atoms with Crippen molar-refractivity contribution in [3.63, 3.8) is 0 Å². The summed E-state index contributed by atoms with van der Waals surface area (Å²) in [6.45, 7) is 16.3. The number of aliphatic carboxylic acids is 1. The van der Waals surface area contributed by atoms with Gasteiger partial charge in [-0.2, -0.15) is 0 Å². The fraction of sp³-hybridized carbons (Fsp3) is 0.867. The van der Waals surface area contributed by atoms with E-state index in [1.165, 1.54) is 4.57 Å². The van der Waals surface area contributed by atoms with Crippen molar-refractivity contribution in [2.75, 3.05) is 0 Å². The molecule has 0 fully saturated rings. The minimum atomic E-state index is -1.77. The molecule has 0 aliphatic heterocycles. The van der Waals surface area contributed by atoms with Crippen LogP contribution in [-0.4, -0.2) is 54.0 Å². The molecule has 0 heterocycles. The molecule has 130 valence electrons. The van der Waals surface area contributed by atoms with Gasteiger partial charge in [0.25, 0.3) is 0 Å². The molecule has 0 spiro atoms. The molecule has 2 atom stereocenters. The molecular formula is C15H31NO5Si. The fourth-order valence-corrected chi connectivity index (χ4v) is 3.61. The maximum absolute atomic E-state index is 12.4.